The maximum absolute atomic E-state index is 13.7. The summed E-state index contributed by atoms with van der Waals surface area (Å²) in [6, 6.07) is 10.8. The molecule has 144 valence electrons. The Morgan fingerprint density at radius 2 is 1.56 bits per heavy atom. The zero-order valence-corrected chi connectivity index (χ0v) is 15.8. The summed E-state index contributed by atoms with van der Waals surface area (Å²) in [7, 11) is 3.37. The fourth-order valence-electron chi connectivity index (χ4n) is 2.77. The summed E-state index contributed by atoms with van der Waals surface area (Å²) in [4.78, 5) is 27.5. The molecule has 0 bridgehead atoms. The third kappa shape index (κ3) is 5.36. The molecule has 2 amide bonds. The Kier molecular flexibility index (Phi) is 7.05. The third-order valence-corrected chi connectivity index (χ3v) is 4.37. The highest BCUT2D eigenvalue weighted by atomic mass is 19.1. The first-order valence-corrected chi connectivity index (χ1v) is 8.84. The molecule has 0 unspecified atom stereocenters. The van der Waals surface area contributed by atoms with Gasteiger partial charge >= 0.3 is 0 Å². The number of benzene rings is 2. The van der Waals surface area contributed by atoms with Crippen molar-refractivity contribution in [3.05, 3.63) is 70.8 Å². The van der Waals surface area contributed by atoms with Crippen LogP contribution in [0.25, 0.3) is 0 Å². The standard InChI is InChI=1S/C21H24F2N2O2/c1-4-25(14-15-8-10-16(11-9-15)21(27)24(2)3)20(26)13-12-17-18(22)6-5-7-19(17)23/h5-11H,4,12-14H2,1-3H3. The molecule has 0 N–H and O–H groups in total. The van der Waals surface area contributed by atoms with Gasteiger partial charge < -0.3 is 9.80 Å². The van der Waals surface area contributed by atoms with Crippen LogP contribution in [0.4, 0.5) is 8.78 Å². The lowest BCUT2D eigenvalue weighted by atomic mass is 10.1. The molecule has 0 aliphatic heterocycles. The van der Waals surface area contributed by atoms with Crippen LogP contribution < -0.4 is 0 Å². The maximum atomic E-state index is 13.7. The van der Waals surface area contributed by atoms with E-state index in [9.17, 15) is 18.4 Å². The van der Waals surface area contributed by atoms with Crippen LogP contribution in [0.2, 0.25) is 0 Å². The molecule has 0 saturated heterocycles. The maximum Gasteiger partial charge on any atom is 0.253 e. The van der Waals surface area contributed by atoms with Crippen molar-refractivity contribution in [3.8, 4) is 0 Å². The second kappa shape index (κ2) is 9.26. The van der Waals surface area contributed by atoms with Gasteiger partial charge in [-0.3, -0.25) is 9.59 Å². The molecule has 0 heterocycles. The molecular weight excluding hydrogens is 350 g/mol. The lowest BCUT2D eigenvalue weighted by molar-refractivity contribution is -0.131. The molecule has 0 saturated carbocycles. The van der Waals surface area contributed by atoms with Gasteiger partial charge in [0.15, 0.2) is 0 Å². The summed E-state index contributed by atoms with van der Waals surface area (Å²) in [6.45, 7) is 2.72. The first-order chi connectivity index (χ1) is 12.8. The van der Waals surface area contributed by atoms with Gasteiger partial charge in [0.25, 0.3) is 5.91 Å². The molecular formula is C21H24F2N2O2. The molecule has 2 rings (SSSR count). The molecule has 2 aromatic carbocycles. The minimum absolute atomic E-state index is 0.0180. The summed E-state index contributed by atoms with van der Waals surface area (Å²) in [5, 5.41) is 0. The number of carbonyl (C=O) groups excluding carboxylic acids is 2. The number of nitrogens with zero attached hydrogens (tertiary/aromatic N) is 2. The van der Waals surface area contributed by atoms with E-state index < -0.39 is 11.6 Å². The van der Waals surface area contributed by atoms with Gasteiger partial charge in [-0.1, -0.05) is 18.2 Å². The molecule has 0 atom stereocenters. The van der Waals surface area contributed by atoms with Crippen molar-refractivity contribution < 1.29 is 18.4 Å². The molecule has 0 aromatic heterocycles. The second-order valence-electron chi connectivity index (χ2n) is 6.50. The van der Waals surface area contributed by atoms with Gasteiger partial charge in [-0.25, -0.2) is 8.78 Å². The molecule has 27 heavy (non-hydrogen) atoms. The van der Waals surface area contributed by atoms with Crippen molar-refractivity contribution in [2.45, 2.75) is 26.3 Å². The molecule has 0 aliphatic carbocycles. The molecule has 0 fully saturated rings. The van der Waals surface area contributed by atoms with Crippen LogP contribution in [0.1, 0.15) is 34.8 Å². The van der Waals surface area contributed by atoms with E-state index in [1.165, 1.54) is 23.1 Å². The van der Waals surface area contributed by atoms with Gasteiger partial charge in [0.05, 0.1) is 0 Å². The number of amides is 2. The largest absolute Gasteiger partial charge is 0.345 e. The van der Waals surface area contributed by atoms with Gasteiger partial charge in [-0.2, -0.15) is 0 Å². The summed E-state index contributed by atoms with van der Waals surface area (Å²) in [6.07, 6.45) is 0.0486. The lowest BCUT2D eigenvalue weighted by Crippen LogP contribution is -2.30. The van der Waals surface area contributed by atoms with Crippen LogP contribution in [0.3, 0.4) is 0 Å². The van der Waals surface area contributed by atoms with Crippen molar-refractivity contribution >= 4 is 11.8 Å². The Labute approximate surface area is 158 Å². The quantitative estimate of drug-likeness (QED) is 0.742. The lowest BCUT2D eigenvalue weighted by Gasteiger charge is -2.21. The fourth-order valence-corrected chi connectivity index (χ4v) is 2.77. The van der Waals surface area contributed by atoms with Crippen molar-refractivity contribution in [2.75, 3.05) is 20.6 Å². The Morgan fingerprint density at radius 1 is 0.963 bits per heavy atom. The van der Waals surface area contributed by atoms with Crippen LogP contribution in [-0.4, -0.2) is 42.3 Å². The summed E-state index contributed by atoms with van der Waals surface area (Å²) >= 11 is 0. The smallest absolute Gasteiger partial charge is 0.253 e. The zero-order chi connectivity index (χ0) is 20.0. The molecule has 0 aliphatic rings. The first-order valence-electron chi connectivity index (χ1n) is 8.84. The van der Waals surface area contributed by atoms with Crippen molar-refractivity contribution in [1.82, 2.24) is 9.80 Å². The minimum atomic E-state index is -0.632. The highest BCUT2D eigenvalue weighted by Gasteiger charge is 2.16. The Morgan fingerprint density at radius 3 is 2.07 bits per heavy atom. The average molecular weight is 374 g/mol. The van der Waals surface area contributed by atoms with Gasteiger partial charge in [-0.15, -0.1) is 0 Å². The van der Waals surface area contributed by atoms with E-state index in [2.05, 4.69) is 0 Å². The number of carbonyl (C=O) groups is 2. The molecule has 6 heteroatoms. The van der Waals surface area contributed by atoms with E-state index in [0.29, 0.717) is 18.7 Å². The van der Waals surface area contributed by atoms with E-state index in [4.69, 9.17) is 0 Å². The minimum Gasteiger partial charge on any atom is -0.345 e. The van der Waals surface area contributed by atoms with E-state index in [1.54, 1.807) is 31.1 Å². The topological polar surface area (TPSA) is 40.6 Å². The highest BCUT2D eigenvalue weighted by Crippen LogP contribution is 2.16. The number of rotatable bonds is 7. The van der Waals surface area contributed by atoms with Crippen LogP contribution in [0, 0.1) is 11.6 Å². The fraction of sp³-hybridized carbons (Fsp3) is 0.333. The van der Waals surface area contributed by atoms with E-state index in [1.807, 2.05) is 19.1 Å². The summed E-state index contributed by atoms with van der Waals surface area (Å²) in [5.74, 6) is -1.52. The summed E-state index contributed by atoms with van der Waals surface area (Å²) < 4.78 is 27.4. The molecule has 0 spiro atoms. The number of halogens is 2. The van der Waals surface area contributed by atoms with E-state index >= 15 is 0 Å². The molecule has 0 radical (unpaired) electrons. The van der Waals surface area contributed by atoms with Gasteiger partial charge in [0.1, 0.15) is 11.6 Å². The number of hydrogen-bond acceptors (Lipinski definition) is 2. The highest BCUT2D eigenvalue weighted by molar-refractivity contribution is 5.93. The average Bonchev–Trinajstić information content (AvgIpc) is 2.65. The van der Waals surface area contributed by atoms with Crippen LogP contribution >= 0.6 is 0 Å². The Balaban J connectivity index is 2.00. The second-order valence-corrected chi connectivity index (χ2v) is 6.50. The molecule has 4 nitrogen and oxygen atoms in total. The van der Waals surface area contributed by atoms with Crippen LogP contribution in [0.5, 0.6) is 0 Å². The Hall–Kier alpha value is -2.76. The third-order valence-electron chi connectivity index (χ3n) is 4.37. The normalized spacial score (nSPS) is 10.6. The predicted octanol–water partition coefficient (Wildman–Crippen LogP) is 3.65. The monoisotopic (exact) mass is 374 g/mol. The molecule has 2 aromatic rings. The van der Waals surface area contributed by atoms with Gasteiger partial charge in [0.2, 0.25) is 5.91 Å². The van der Waals surface area contributed by atoms with E-state index in [0.717, 1.165) is 5.56 Å². The van der Waals surface area contributed by atoms with Crippen LogP contribution in [0.15, 0.2) is 42.5 Å². The van der Waals surface area contributed by atoms with E-state index in [-0.39, 0.29) is 30.2 Å². The Bertz CT molecular complexity index is 784. The zero-order valence-electron chi connectivity index (χ0n) is 15.8. The summed E-state index contributed by atoms with van der Waals surface area (Å²) in [5.41, 5.74) is 1.40. The predicted molar refractivity (Wildman–Crippen MR) is 100 cm³/mol. The van der Waals surface area contributed by atoms with Gasteiger partial charge in [-0.05, 0) is 43.2 Å². The van der Waals surface area contributed by atoms with Crippen molar-refractivity contribution in [3.63, 3.8) is 0 Å². The van der Waals surface area contributed by atoms with Crippen molar-refractivity contribution in [1.29, 1.82) is 0 Å². The number of hydrogen-bond donors (Lipinski definition) is 0. The first kappa shape index (κ1) is 20.6. The van der Waals surface area contributed by atoms with Crippen LogP contribution in [-0.2, 0) is 17.8 Å². The van der Waals surface area contributed by atoms with Crippen molar-refractivity contribution in [2.24, 2.45) is 0 Å². The SMILES string of the molecule is CCN(Cc1ccc(C(=O)N(C)C)cc1)C(=O)CCc1c(F)cccc1F. The van der Waals surface area contributed by atoms with Gasteiger partial charge in [0, 0.05) is 44.7 Å².